The van der Waals surface area contributed by atoms with Crippen molar-refractivity contribution in [2.24, 2.45) is 0 Å². The molecule has 0 saturated carbocycles. The minimum Gasteiger partial charge on any atom is -0.451 e. The van der Waals surface area contributed by atoms with Crippen molar-refractivity contribution >= 4 is 29.3 Å². The SMILES string of the molecule is C=CCNC(=O)[C@H](C)OC(=O)CN1C(=O)C(=O)c2ccccc21. The van der Waals surface area contributed by atoms with Gasteiger partial charge < -0.3 is 10.1 Å². The fraction of sp³-hybridized carbons (Fsp3) is 0.250. The van der Waals surface area contributed by atoms with Crippen LogP contribution >= 0.6 is 0 Å². The van der Waals surface area contributed by atoms with Crippen LogP contribution in [-0.2, 0) is 19.1 Å². The molecular formula is C16H16N2O5. The van der Waals surface area contributed by atoms with E-state index in [9.17, 15) is 19.2 Å². The van der Waals surface area contributed by atoms with Crippen LogP contribution in [0.5, 0.6) is 0 Å². The average Bonchev–Trinajstić information content (AvgIpc) is 2.78. The van der Waals surface area contributed by atoms with E-state index < -0.39 is 36.2 Å². The van der Waals surface area contributed by atoms with Crippen LogP contribution in [0.15, 0.2) is 36.9 Å². The number of hydrogen-bond acceptors (Lipinski definition) is 5. The fourth-order valence-corrected chi connectivity index (χ4v) is 2.14. The number of Topliss-reactive ketones (excluding diaryl/α,β-unsaturated/α-hetero) is 1. The molecule has 0 radical (unpaired) electrons. The zero-order valence-corrected chi connectivity index (χ0v) is 12.6. The molecule has 1 aromatic carbocycles. The maximum Gasteiger partial charge on any atom is 0.326 e. The lowest BCUT2D eigenvalue weighted by molar-refractivity contribution is -0.153. The van der Waals surface area contributed by atoms with Crippen LogP contribution in [0.1, 0.15) is 17.3 Å². The van der Waals surface area contributed by atoms with Crippen LogP contribution in [0.25, 0.3) is 0 Å². The lowest BCUT2D eigenvalue weighted by atomic mass is 10.1. The summed E-state index contributed by atoms with van der Waals surface area (Å²) in [6, 6.07) is 6.39. The Morgan fingerprint density at radius 2 is 2.04 bits per heavy atom. The number of esters is 1. The molecule has 1 aromatic rings. The van der Waals surface area contributed by atoms with Crippen LogP contribution in [0.3, 0.4) is 0 Å². The molecule has 0 saturated heterocycles. The molecule has 0 bridgehead atoms. The van der Waals surface area contributed by atoms with E-state index in [1.165, 1.54) is 19.1 Å². The highest BCUT2D eigenvalue weighted by molar-refractivity contribution is 6.52. The smallest absolute Gasteiger partial charge is 0.326 e. The highest BCUT2D eigenvalue weighted by atomic mass is 16.5. The first-order valence-corrected chi connectivity index (χ1v) is 6.99. The fourth-order valence-electron chi connectivity index (χ4n) is 2.14. The number of ketones is 1. The van der Waals surface area contributed by atoms with Gasteiger partial charge in [-0.25, -0.2) is 0 Å². The Bertz CT molecular complexity index is 683. The Labute approximate surface area is 132 Å². The summed E-state index contributed by atoms with van der Waals surface area (Å²) in [6.45, 7) is 4.70. The van der Waals surface area contributed by atoms with Gasteiger partial charge in [0.15, 0.2) is 6.10 Å². The second kappa shape index (κ2) is 6.87. The second-order valence-electron chi connectivity index (χ2n) is 4.90. The topological polar surface area (TPSA) is 92.8 Å². The van der Waals surface area contributed by atoms with Crippen molar-refractivity contribution < 1.29 is 23.9 Å². The minimum absolute atomic E-state index is 0.252. The average molecular weight is 316 g/mol. The third kappa shape index (κ3) is 3.45. The number of amides is 2. The van der Waals surface area contributed by atoms with E-state index in [2.05, 4.69) is 11.9 Å². The molecule has 2 rings (SSSR count). The van der Waals surface area contributed by atoms with Crippen LogP contribution in [-0.4, -0.2) is 42.8 Å². The Hall–Kier alpha value is -2.96. The quantitative estimate of drug-likeness (QED) is 0.467. The number of ether oxygens (including phenoxy) is 1. The first-order valence-electron chi connectivity index (χ1n) is 6.99. The first-order chi connectivity index (χ1) is 11.0. The van der Waals surface area contributed by atoms with Gasteiger partial charge in [-0.3, -0.25) is 24.1 Å². The monoisotopic (exact) mass is 316 g/mol. The predicted octanol–water partition coefficient (Wildman–Crippen LogP) is 0.450. The number of carbonyl (C=O) groups is 4. The van der Waals surface area contributed by atoms with E-state index in [-0.39, 0.29) is 12.1 Å². The first kappa shape index (κ1) is 16.4. The van der Waals surface area contributed by atoms with Gasteiger partial charge in [0.25, 0.3) is 17.6 Å². The van der Waals surface area contributed by atoms with E-state index in [0.29, 0.717) is 5.69 Å². The molecule has 1 aliphatic heterocycles. The van der Waals surface area contributed by atoms with Gasteiger partial charge >= 0.3 is 5.97 Å². The lowest BCUT2D eigenvalue weighted by Crippen LogP contribution is -2.40. The summed E-state index contributed by atoms with van der Waals surface area (Å²) >= 11 is 0. The highest BCUT2D eigenvalue weighted by Crippen LogP contribution is 2.28. The molecule has 0 spiro atoms. The highest BCUT2D eigenvalue weighted by Gasteiger charge is 2.37. The summed E-state index contributed by atoms with van der Waals surface area (Å²) in [7, 11) is 0. The number of fused-ring (bicyclic) bond motifs is 1. The maximum absolute atomic E-state index is 11.9. The normalized spacial score (nSPS) is 14.2. The molecular weight excluding hydrogens is 300 g/mol. The standard InChI is InChI=1S/C16H16N2O5/c1-3-8-17-15(21)10(2)23-13(19)9-18-12-7-5-4-6-11(12)14(20)16(18)22/h3-7,10H,1,8-9H2,2H3,(H,17,21)/t10-/m0/s1. The zero-order chi connectivity index (χ0) is 17.0. The molecule has 0 aliphatic carbocycles. The molecule has 120 valence electrons. The summed E-state index contributed by atoms with van der Waals surface area (Å²) in [5.74, 6) is -2.69. The summed E-state index contributed by atoms with van der Waals surface area (Å²) < 4.78 is 4.98. The van der Waals surface area contributed by atoms with Gasteiger partial charge in [-0.1, -0.05) is 18.2 Å². The number of nitrogens with one attached hydrogen (secondary N) is 1. The predicted molar refractivity (Wildman–Crippen MR) is 81.9 cm³/mol. The summed E-state index contributed by atoms with van der Waals surface area (Å²) in [4.78, 5) is 48.3. The van der Waals surface area contributed by atoms with E-state index in [0.717, 1.165) is 4.90 Å². The van der Waals surface area contributed by atoms with Crippen molar-refractivity contribution in [1.29, 1.82) is 0 Å². The molecule has 0 fully saturated rings. The van der Waals surface area contributed by atoms with Crippen molar-refractivity contribution in [1.82, 2.24) is 5.32 Å². The van der Waals surface area contributed by atoms with Crippen molar-refractivity contribution in [2.45, 2.75) is 13.0 Å². The Balaban J connectivity index is 2.01. The number of benzene rings is 1. The van der Waals surface area contributed by atoms with Gasteiger partial charge in [0.1, 0.15) is 6.54 Å². The molecule has 1 heterocycles. The number of anilines is 1. The van der Waals surface area contributed by atoms with Gasteiger partial charge in [-0.2, -0.15) is 0 Å². The molecule has 1 aliphatic rings. The summed E-state index contributed by atoms with van der Waals surface area (Å²) in [5.41, 5.74) is 0.616. The van der Waals surface area contributed by atoms with Crippen molar-refractivity contribution in [3.8, 4) is 0 Å². The van der Waals surface area contributed by atoms with Crippen LogP contribution in [0, 0.1) is 0 Å². The molecule has 0 unspecified atom stereocenters. The van der Waals surface area contributed by atoms with Crippen LogP contribution < -0.4 is 10.2 Å². The zero-order valence-electron chi connectivity index (χ0n) is 12.6. The largest absolute Gasteiger partial charge is 0.451 e. The van der Waals surface area contributed by atoms with Crippen molar-refractivity contribution in [3.63, 3.8) is 0 Å². The van der Waals surface area contributed by atoms with E-state index in [4.69, 9.17) is 4.74 Å². The van der Waals surface area contributed by atoms with Gasteiger partial charge in [0.2, 0.25) is 0 Å². The Morgan fingerprint density at radius 1 is 1.35 bits per heavy atom. The number of nitrogens with zero attached hydrogens (tertiary/aromatic N) is 1. The Kier molecular flexibility index (Phi) is 4.90. The van der Waals surface area contributed by atoms with E-state index >= 15 is 0 Å². The molecule has 1 N–H and O–H groups in total. The molecule has 1 atom stereocenters. The van der Waals surface area contributed by atoms with Gasteiger partial charge in [-0.15, -0.1) is 6.58 Å². The van der Waals surface area contributed by atoms with Gasteiger partial charge in [-0.05, 0) is 19.1 Å². The lowest BCUT2D eigenvalue weighted by Gasteiger charge is -2.17. The third-order valence-corrected chi connectivity index (χ3v) is 3.26. The molecule has 0 aromatic heterocycles. The number of para-hydroxylation sites is 1. The van der Waals surface area contributed by atoms with Crippen LogP contribution in [0.4, 0.5) is 5.69 Å². The van der Waals surface area contributed by atoms with Crippen LogP contribution in [0.2, 0.25) is 0 Å². The molecule has 7 heteroatoms. The second-order valence-corrected chi connectivity index (χ2v) is 4.90. The van der Waals surface area contributed by atoms with Gasteiger partial charge in [0.05, 0.1) is 11.3 Å². The van der Waals surface area contributed by atoms with Gasteiger partial charge in [0, 0.05) is 6.54 Å². The third-order valence-electron chi connectivity index (χ3n) is 3.26. The van der Waals surface area contributed by atoms with Crippen molar-refractivity contribution in [3.05, 3.63) is 42.5 Å². The minimum atomic E-state index is -1.01. The summed E-state index contributed by atoms with van der Waals surface area (Å²) in [6.07, 6.45) is 0.490. The summed E-state index contributed by atoms with van der Waals surface area (Å²) in [5, 5.41) is 2.49. The number of carbonyl (C=O) groups excluding carboxylic acids is 4. The number of rotatable bonds is 6. The van der Waals surface area contributed by atoms with E-state index in [1.54, 1.807) is 18.2 Å². The molecule has 23 heavy (non-hydrogen) atoms. The maximum atomic E-state index is 11.9. The van der Waals surface area contributed by atoms with E-state index in [1.807, 2.05) is 0 Å². The number of hydrogen-bond donors (Lipinski definition) is 1. The molecule has 2 amide bonds. The van der Waals surface area contributed by atoms with Crippen molar-refractivity contribution in [2.75, 3.05) is 18.0 Å². The Morgan fingerprint density at radius 3 is 2.74 bits per heavy atom. The molecule has 7 nitrogen and oxygen atoms in total.